The lowest BCUT2D eigenvalue weighted by molar-refractivity contribution is -0.268. The fourth-order valence-electron chi connectivity index (χ4n) is 5.27. The van der Waals surface area contributed by atoms with Crippen molar-refractivity contribution in [2.45, 2.75) is 43.6 Å². The Kier molecular flexibility index (Phi) is 9.65. The summed E-state index contributed by atoms with van der Waals surface area (Å²) in [4.78, 5) is 37.5. The number of ether oxygens (including phenoxy) is 2. The molecule has 1 fully saturated rings. The number of aliphatic hydroxyl groups excluding tert-OH is 1. The van der Waals surface area contributed by atoms with Gasteiger partial charge in [0.2, 0.25) is 0 Å². The number of para-hydroxylation sites is 2. The van der Waals surface area contributed by atoms with E-state index in [1.165, 1.54) is 18.0 Å². The van der Waals surface area contributed by atoms with Gasteiger partial charge in [-0.3, -0.25) is 9.78 Å². The number of nitrogens with zero attached hydrogens (tertiary/aromatic N) is 3. The number of carbonyl (C=O) groups excluding carboxylic acids is 1. The van der Waals surface area contributed by atoms with Crippen molar-refractivity contribution in [3.05, 3.63) is 131 Å². The monoisotopic (exact) mass is 636 g/mol. The number of aromatic nitrogens is 3. The Hall–Kier alpha value is -4.68. The maximum atomic E-state index is 12.8. The standard InChI is InChI=1S/C35H32N4O6S/c1-21-30(20-46-33-26(34(42)43)5-4-16-36-33)44-35(45-31(21)24-12-10-23(19-40)11-13-24)25-14-8-22(9-15-25)17-38-32(41)29-18-37-27-6-2-3-7-28(27)39-29/h2-16,18,21,30-31,35,40H,17,19-20H2,1H3,(H,38,41)(H,42,43). The molecule has 2 aromatic heterocycles. The summed E-state index contributed by atoms with van der Waals surface area (Å²) in [5.74, 6) is -0.957. The largest absolute Gasteiger partial charge is 0.478 e. The highest BCUT2D eigenvalue weighted by Gasteiger charge is 2.38. The molecule has 1 saturated heterocycles. The van der Waals surface area contributed by atoms with Crippen LogP contribution >= 0.6 is 11.8 Å². The van der Waals surface area contributed by atoms with Gasteiger partial charge in [0.1, 0.15) is 10.7 Å². The average molecular weight is 637 g/mol. The van der Waals surface area contributed by atoms with Crippen LogP contribution in [0.3, 0.4) is 0 Å². The first-order chi connectivity index (χ1) is 22.4. The highest BCUT2D eigenvalue weighted by Crippen LogP contribution is 2.43. The molecule has 5 aromatic rings. The van der Waals surface area contributed by atoms with E-state index < -0.39 is 12.3 Å². The second kappa shape index (κ2) is 14.2. The highest BCUT2D eigenvalue weighted by atomic mass is 32.2. The fourth-order valence-corrected chi connectivity index (χ4v) is 6.42. The van der Waals surface area contributed by atoms with Gasteiger partial charge in [0, 0.05) is 30.0 Å². The molecule has 3 heterocycles. The molecule has 0 bridgehead atoms. The second-order valence-electron chi connectivity index (χ2n) is 11.0. The van der Waals surface area contributed by atoms with E-state index in [1.54, 1.807) is 18.3 Å². The summed E-state index contributed by atoms with van der Waals surface area (Å²) < 4.78 is 13.0. The van der Waals surface area contributed by atoms with Crippen LogP contribution in [0.25, 0.3) is 11.0 Å². The lowest BCUT2D eigenvalue weighted by atomic mass is 9.91. The van der Waals surface area contributed by atoms with Gasteiger partial charge in [0.15, 0.2) is 6.29 Å². The van der Waals surface area contributed by atoms with Gasteiger partial charge in [-0.15, -0.1) is 11.8 Å². The summed E-state index contributed by atoms with van der Waals surface area (Å²) in [5.41, 5.74) is 5.22. The zero-order valence-electron chi connectivity index (χ0n) is 24.9. The van der Waals surface area contributed by atoms with Crippen LogP contribution in [-0.2, 0) is 22.6 Å². The first-order valence-electron chi connectivity index (χ1n) is 14.8. The number of thioether (sulfide) groups is 1. The molecule has 4 atom stereocenters. The van der Waals surface area contributed by atoms with Crippen LogP contribution < -0.4 is 5.32 Å². The molecular weight excluding hydrogens is 604 g/mol. The van der Waals surface area contributed by atoms with Crippen molar-refractivity contribution in [3.63, 3.8) is 0 Å². The number of nitrogens with one attached hydrogen (secondary N) is 1. The van der Waals surface area contributed by atoms with Crippen LogP contribution in [0, 0.1) is 5.92 Å². The molecule has 11 heteroatoms. The van der Waals surface area contributed by atoms with E-state index in [4.69, 9.17) is 9.47 Å². The van der Waals surface area contributed by atoms with Crippen LogP contribution in [0.2, 0.25) is 0 Å². The van der Waals surface area contributed by atoms with Gasteiger partial charge >= 0.3 is 5.97 Å². The molecule has 3 aromatic carbocycles. The van der Waals surface area contributed by atoms with Crippen molar-refractivity contribution in [1.29, 1.82) is 0 Å². The highest BCUT2D eigenvalue weighted by molar-refractivity contribution is 7.99. The van der Waals surface area contributed by atoms with E-state index in [0.29, 0.717) is 22.8 Å². The van der Waals surface area contributed by atoms with Crippen LogP contribution in [-0.4, -0.2) is 48.9 Å². The van der Waals surface area contributed by atoms with E-state index >= 15 is 0 Å². The number of aromatic carboxylic acids is 1. The van der Waals surface area contributed by atoms with Gasteiger partial charge in [-0.1, -0.05) is 67.6 Å². The van der Waals surface area contributed by atoms with Crippen molar-refractivity contribution in [1.82, 2.24) is 20.3 Å². The van der Waals surface area contributed by atoms with Crippen molar-refractivity contribution < 1.29 is 29.3 Å². The van der Waals surface area contributed by atoms with Crippen LogP contribution in [0.15, 0.2) is 102 Å². The SMILES string of the molecule is CC1C(CSc2ncccc2C(=O)O)OC(c2ccc(CNC(=O)c3cnc4ccccc4n3)cc2)OC1c1ccc(CO)cc1. The number of fused-ring (bicyclic) bond motifs is 1. The lowest BCUT2D eigenvalue weighted by Crippen LogP contribution is -2.38. The fraction of sp³-hybridized carbons (Fsp3) is 0.229. The predicted octanol–water partition coefficient (Wildman–Crippen LogP) is 5.73. The first kappa shape index (κ1) is 31.3. The van der Waals surface area contributed by atoms with Crippen molar-refractivity contribution in [2.24, 2.45) is 5.92 Å². The van der Waals surface area contributed by atoms with E-state index in [2.05, 4.69) is 20.3 Å². The predicted molar refractivity (Wildman–Crippen MR) is 172 cm³/mol. The maximum absolute atomic E-state index is 12.8. The summed E-state index contributed by atoms with van der Waals surface area (Å²) >= 11 is 1.34. The number of aliphatic hydroxyl groups is 1. The van der Waals surface area contributed by atoms with E-state index in [-0.39, 0.29) is 41.9 Å². The minimum atomic E-state index is -1.03. The third kappa shape index (κ3) is 7.08. The summed E-state index contributed by atoms with van der Waals surface area (Å²) in [6.45, 7) is 2.30. The number of carboxylic acids is 1. The summed E-state index contributed by atoms with van der Waals surface area (Å²) in [7, 11) is 0. The number of carboxylic acid groups (broad SMARTS) is 1. The van der Waals surface area contributed by atoms with Gasteiger partial charge in [-0.25, -0.2) is 14.8 Å². The minimum Gasteiger partial charge on any atom is -0.478 e. The number of pyridine rings is 1. The Balaban J connectivity index is 1.17. The molecular formula is C35H32N4O6S. The molecule has 0 radical (unpaired) electrons. The number of rotatable bonds is 10. The molecule has 1 aliphatic rings. The normalized spacial score (nSPS) is 19.5. The zero-order chi connectivity index (χ0) is 32.0. The van der Waals surface area contributed by atoms with Crippen molar-refractivity contribution >= 4 is 34.7 Å². The molecule has 46 heavy (non-hydrogen) atoms. The quantitative estimate of drug-likeness (QED) is 0.163. The van der Waals surface area contributed by atoms with Crippen LogP contribution in [0.5, 0.6) is 0 Å². The summed E-state index contributed by atoms with van der Waals surface area (Å²) in [6.07, 6.45) is 1.75. The molecule has 1 amide bonds. The lowest BCUT2D eigenvalue weighted by Gasteiger charge is -2.41. The molecule has 234 valence electrons. The molecule has 1 aliphatic heterocycles. The third-order valence-corrected chi connectivity index (χ3v) is 8.99. The molecule has 10 nitrogen and oxygen atoms in total. The topological polar surface area (TPSA) is 144 Å². The summed E-state index contributed by atoms with van der Waals surface area (Å²) in [5, 5.41) is 22.5. The Morgan fingerprint density at radius 3 is 2.33 bits per heavy atom. The summed E-state index contributed by atoms with van der Waals surface area (Å²) in [6, 6.07) is 25.8. The van der Waals surface area contributed by atoms with Crippen molar-refractivity contribution in [2.75, 3.05) is 5.75 Å². The molecule has 0 spiro atoms. The first-order valence-corrected chi connectivity index (χ1v) is 15.8. The van der Waals surface area contributed by atoms with Crippen molar-refractivity contribution in [3.8, 4) is 0 Å². The van der Waals surface area contributed by atoms with Gasteiger partial charge in [0.25, 0.3) is 5.91 Å². The van der Waals surface area contributed by atoms with E-state index in [0.717, 1.165) is 27.8 Å². The van der Waals surface area contributed by atoms with E-state index in [9.17, 15) is 19.8 Å². The average Bonchev–Trinajstić information content (AvgIpc) is 3.10. The zero-order valence-corrected chi connectivity index (χ0v) is 25.8. The van der Waals surface area contributed by atoms with E-state index in [1.807, 2.05) is 79.7 Å². The Labute approximate surface area is 269 Å². The van der Waals surface area contributed by atoms with Crippen LogP contribution in [0.1, 0.15) is 62.4 Å². The molecule has 0 aliphatic carbocycles. The van der Waals surface area contributed by atoms with Crippen LogP contribution in [0.4, 0.5) is 0 Å². The molecule has 4 unspecified atom stereocenters. The maximum Gasteiger partial charge on any atom is 0.338 e. The number of benzene rings is 3. The molecule has 6 rings (SSSR count). The Morgan fingerprint density at radius 2 is 1.59 bits per heavy atom. The minimum absolute atomic E-state index is 0.0508. The van der Waals surface area contributed by atoms with Gasteiger partial charge < -0.3 is 25.0 Å². The molecule has 3 N–H and O–H groups in total. The van der Waals surface area contributed by atoms with Gasteiger partial charge in [0.05, 0.1) is 41.6 Å². The number of amides is 1. The second-order valence-corrected chi connectivity index (χ2v) is 12.0. The third-order valence-electron chi connectivity index (χ3n) is 7.90. The Morgan fingerprint density at radius 1 is 0.870 bits per heavy atom. The number of hydrogen-bond donors (Lipinski definition) is 3. The molecule has 0 saturated carbocycles. The number of carbonyl (C=O) groups is 2. The smallest absolute Gasteiger partial charge is 0.338 e. The van der Waals surface area contributed by atoms with Gasteiger partial charge in [-0.05, 0) is 41.0 Å². The Bertz CT molecular complexity index is 1840. The van der Waals surface area contributed by atoms with Gasteiger partial charge in [-0.2, -0.15) is 0 Å². The number of hydrogen-bond acceptors (Lipinski definition) is 9.